The van der Waals surface area contributed by atoms with Crippen LogP contribution >= 0.6 is 23.2 Å². The number of fused-ring (bicyclic) bond motifs is 1. The molecule has 2 amide bonds. The van der Waals surface area contributed by atoms with Gasteiger partial charge in [0, 0.05) is 28.7 Å². The maximum atomic E-state index is 12.6. The summed E-state index contributed by atoms with van der Waals surface area (Å²) in [5.41, 5.74) is 1.98. The second kappa shape index (κ2) is 6.78. The van der Waals surface area contributed by atoms with Gasteiger partial charge in [-0.3, -0.25) is 9.59 Å². The standard InChI is InChI=1S/C18H14Cl2N2O3/c1-9-12-7-10(19)3-6-15(12)25-16(9)18(24)22-11-4-5-14(20)13(8-11)17(23)21-2/h3-8H,1-2H3,(H,21,23)(H,22,24). The van der Waals surface area contributed by atoms with Crippen molar-refractivity contribution < 1.29 is 14.0 Å². The van der Waals surface area contributed by atoms with Crippen LogP contribution in [-0.4, -0.2) is 18.9 Å². The normalized spacial score (nSPS) is 10.7. The number of amides is 2. The lowest BCUT2D eigenvalue weighted by atomic mass is 10.1. The molecule has 128 valence electrons. The van der Waals surface area contributed by atoms with Gasteiger partial charge in [0.2, 0.25) is 0 Å². The molecule has 0 saturated carbocycles. The van der Waals surface area contributed by atoms with E-state index in [0.29, 0.717) is 26.9 Å². The average molecular weight is 377 g/mol. The highest BCUT2D eigenvalue weighted by atomic mass is 35.5. The molecule has 0 aliphatic carbocycles. The summed E-state index contributed by atoms with van der Waals surface area (Å²) < 4.78 is 5.63. The van der Waals surface area contributed by atoms with Crippen molar-refractivity contribution in [1.29, 1.82) is 0 Å². The van der Waals surface area contributed by atoms with Gasteiger partial charge in [-0.05, 0) is 43.3 Å². The summed E-state index contributed by atoms with van der Waals surface area (Å²) in [4.78, 5) is 24.4. The first kappa shape index (κ1) is 17.3. The molecule has 0 aliphatic rings. The van der Waals surface area contributed by atoms with Crippen LogP contribution in [0.3, 0.4) is 0 Å². The van der Waals surface area contributed by atoms with Crippen molar-refractivity contribution in [1.82, 2.24) is 5.32 Å². The van der Waals surface area contributed by atoms with Gasteiger partial charge >= 0.3 is 0 Å². The van der Waals surface area contributed by atoms with Crippen LogP contribution in [0.15, 0.2) is 40.8 Å². The third kappa shape index (κ3) is 3.34. The number of furan rings is 1. The first-order chi connectivity index (χ1) is 11.9. The van der Waals surface area contributed by atoms with E-state index in [4.69, 9.17) is 27.6 Å². The molecule has 0 radical (unpaired) electrons. The minimum atomic E-state index is -0.421. The molecule has 1 heterocycles. The molecule has 3 aromatic rings. The molecule has 3 rings (SSSR count). The van der Waals surface area contributed by atoms with Gasteiger partial charge in [0.15, 0.2) is 5.76 Å². The van der Waals surface area contributed by atoms with E-state index >= 15 is 0 Å². The number of anilines is 1. The molecular formula is C18H14Cl2N2O3. The van der Waals surface area contributed by atoms with Gasteiger partial charge in [-0.2, -0.15) is 0 Å². The Morgan fingerprint density at radius 2 is 1.80 bits per heavy atom. The summed E-state index contributed by atoms with van der Waals surface area (Å²) in [6, 6.07) is 9.83. The molecule has 2 aromatic carbocycles. The Bertz CT molecular complexity index is 995. The summed E-state index contributed by atoms with van der Waals surface area (Å²) in [5.74, 6) is -0.570. The minimum absolute atomic E-state index is 0.189. The van der Waals surface area contributed by atoms with Crippen LogP contribution in [0.25, 0.3) is 11.0 Å². The Labute approximate surface area is 153 Å². The topological polar surface area (TPSA) is 71.3 Å². The molecule has 0 fully saturated rings. The fourth-order valence-corrected chi connectivity index (χ4v) is 2.88. The predicted molar refractivity (Wildman–Crippen MR) is 98.8 cm³/mol. The Morgan fingerprint density at radius 1 is 1.04 bits per heavy atom. The molecule has 25 heavy (non-hydrogen) atoms. The number of aryl methyl sites for hydroxylation is 1. The highest BCUT2D eigenvalue weighted by Crippen LogP contribution is 2.29. The Hall–Kier alpha value is -2.50. The van der Waals surface area contributed by atoms with Crippen LogP contribution in [0.4, 0.5) is 5.69 Å². The number of hydrogen-bond acceptors (Lipinski definition) is 3. The molecule has 1 aromatic heterocycles. The van der Waals surface area contributed by atoms with E-state index in [1.807, 2.05) is 0 Å². The number of halogens is 2. The fraction of sp³-hybridized carbons (Fsp3) is 0.111. The quantitative estimate of drug-likeness (QED) is 0.697. The molecule has 0 bridgehead atoms. The second-order valence-corrected chi connectivity index (χ2v) is 6.27. The van der Waals surface area contributed by atoms with Crippen LogP contribution in [0.1, 0.15) is 26.5 Å². The van der Waals surface area contributed by atoms with Crippen molar-refractivity contribution in [2.24, 2.45) is 0 Å². The number of rotatable bonds is 3. The molecular weight excluding hydrogens is 363 g/mol. The molecule has 0 unspecified atom stereocenters. The maximum Gasteiger partial charge on any atom is 0.291 e. The minimum Gasteiger partial charge on any atom is -0.451 e. The molecule has 7 heteroatoms. The molecule has 5 nitrogen and oxygen atoms in total. The predicted octanol–water partition coefficient (Wildman–Crippen LogP) is 4.66. The van der Waals surface area contributed by atoms with Gasteiger partial charge in [0.05, 0.1) is 10.6 Å². The summed E-state index contributed by atoms with van der Waals surface area (Å²) in [6.45, 7) is 1.79. The van der Waals surface area contributed by atoms with E-state index in [0.717, 1.165) is 5.39 Å². The molecule has 0 spiro atoms. The van der Waals surface area contributed by atoms with Crippen molar-refractivity contribution in [2.45, 2.75) is 6.92 Å². The highest BCUT2D eigenvalue weighted by Gasteiger charge is 2.19. The van der Waals surface area contributed by atoms with E-state index in [1.54, 1.807) is 37.3 Å². The Morgan fingerprint density at radius 3 is 2.52 bits per heavy atom. The van der Waals surface area contributed by atoms with Crippen molar-refractivity contribution in [3.63, 3.8) is 0 Å². The lowest BCUT2D eigenvalue weighted by Crippen LogP contribution is -2.19. The van der Waals surface area contributed by atoms with Crippen LogP contribution in [-0.2, 0) is 0 Å². The summed E-state index contributed by atoms with van der Waals surface area (Å²) >= 11 is 12.0. The van der Waals surface area contributed by atoms with Crippen LogP contribution in [0, 0.1) is 6.92 Å². The number of benzene rings is 2. The van der Waals surface area contributed by atoms with Gasteiger partial charge in [-0.25, -0.2) is 0 Å². The zero-order valence-electron chi connectivity index (χ0n) is 13.4. The second-order valence-electron chi connectivity index (χ2n) is 5.42. The SMILES string of the molecule is CNC(=O)c1cc(NC(=O)c2oc3ccc(Cl)cc3c2C)ccc1Cl. The van der Waals surface area contributed by atoms with Crippen molar-refractivity contribution >= 4 is 51.7 Å². The highest BCUT2D eigenvalue weighted by molar-refractivity contribution is 6.34. The number of carbonyl (C=O) groups excluding carboxylic acids is 2. The van der Waals surface area contributed by atoms with E-state index in [1.165, 1.54) is 13.1 Å². The summed E-state index contributed by atoms with van der Waals surface area (Å²) in [7, 11) is 1.51. The largest absolute Gasteiger partial charge is 0.451 e. The lowest BCUT2D eigenvalue weighted by molar-refractivity contribution is 0.0960. The van der Waals surface area contributed by atoms with Crippen molar-refractivity contribution in [2.75, 3.05) is 12.4 Å². The smallest absolute Gasteiger partial charge is 0.291 e. The molecule has 0 aliphatic heterocycles. The van der Waals surface area contributed by atoms with Gasteiger partial charge in [0.1, 0.15) is 5.58 Å². The first-order valence-electron chi connectivity index (χ1n) is 7.42. The van der Waals surface area contributed by atoms with Gasteiger partial charge in [-0.1, -0.05) is 23.2 Å². The van der Waals surface area contributed by atoms with Crippen molar-refractivity contribution in [3.05, 3.63) is 63.3 Å². The lowest BCUT2D eigenvalue weighted by Gasteiger charge is -2.08. The van der Waals surface area contributed by atoms with Crippen LogP contribution < -0.4 is 10.6 Å². The van der Waals surface area contributed by atoms with Crippen LogP contribution in [0.2, 0.25) is 10.0 Å². The van der Waals surface area contributed by atoms with E-state index < -0.39 is 5.91 Å². The summed E-state index contributed by atoms with van der Waals surface area (Å²) in [6.07, 6.45) is 0. The van der Waals surface area contributed by atoms with Gasteiger partial charge < -0.3 is 15.1 Å². The zero-order chi connectivity index (χ0) is 18.1. The third-order valence-electron chi connectivity index (χ3n) is 3.80. The maximum absolute atomic E-state index is 12.6. The van der Waals surface area contributed by atoms with E-state index in [-0.39, 0.29) is 17.2 Å². The third-order valence-corrected chi connectivity index (χ3v) is 4.37. The first-order valence-corrected chi connectivity index (χ1v) is 8.18. The zero-order valence-corrected chi connectivity index (χ0v) is 15.0. The summed E-state index contributed by atoms with van der Waals surface area (Å²) in [5, 5.41) is 6.86. The van der Waals surface area contributed by atoms with Crippen molar-refractivity contribution in [3.8, 4) is 0 Å². The Balaban J connectivity index is 1.93. The number of nitrogens with one attached hydrogen (secondary N) is 2. The monoisotopic (exact) mass is 376 g/mol. The number of hydrogen-bond donors (Lipinski definition) is 2. The number of carbonyl (C=O) groups is 2. The van der Waals surface area contributed by atoms with Gasteiger partial charge in [0.25, 0.3) is 11.8 Å². The van der Waals surface area contributed by atoms with Gasteiger partial charge in [-0.15, -0.1) is 0 Å². The molecule has 2 N–H and O–H groups in total. The average Bonchev–Trinajstić information content (AvgIpc) is 2.92. The molecule has 0 saturated heterocycles. The van der Waals surface area contributed by atoms with E-state index in [9.17, 15) is 9.59 Å². The fourth-order valence-electron chi connectivity index (χ4n) is 2.51. The van der Waals surface area contributed by atoms with E-state index in [2.05, 4.69) is 10.6 Å². The Kier molecular flexibility index (Phi) is 4.70. The van der Waals surface area contributed by atoms with Crippen LogP contribution in [0.5, 0.6) is 0 Å². The molecule has 0 atom stereocenters.